The summed E-state index contributed by atoms with van der Waals surface area (Å²) in [7, 11) is 0. The van der Waals surface area contributed by atoms with Crippen LogP contribution in [-0.4, -0.2) is 88.2 Å². The standard InChI is InChI=1S/C26H46N2O6S/c1-14(2)11-15-7-9-33-21-16(12-15)13-27-17(21)24(32)28-23-22-19(30)18(29)20(31)25(34-22)35-10-6-5-8-26(23,3)4/h14-23,25,27,29-31H,5-13H2,1-4H3,(H,28,32)/t15-,16-,17-,18-,19+,20+,21+,22-,23-,25+/m0/s1. The molecule has 0 unspecified atom stereocenters. The maximum Gasteiger partial charge on any atom is 0.240 e. The molecule has 0 aliphatic carbocycles. The average Bonchev–Trinajstić information content (AvgIpc) is 3.08. The third-order valence-corrected chi connectivity index (χ3v) is 9.77. The second-order valence-electron chi connectivity index (χ2n) is 12.2. The highest BCUT2D eigenvalue weighted by atomic mass is 32.2. The van der Waals surface area contributed by atoms with Crippen molar-refractivity contribution < 1.29 is 29.6 Å². The van der Waals surface area contributed by atoms with Crippen LogP contribution in [0, 0.1) is 23.2 Å². The molecule has 5 N–H and O–H groups in total. The highest BCUT2D eigenvalue weighted by molar-refractivity contribution is 7.99. The van der Waals surface area contributed by atoms with Gasteiger partial charge in [-0.1, -0.05) is 34.1 Å². The smallest absolute Gasteiger partial charge is 0.240 e. The Morgan fingerprint density at radius 1 is 1.14 bits per heavy atom. The van der Waals surface area contributed by atoms with E-state index in [9.17, 15) is 20.1 Å². The van der Waals surface area contributed by atoms with Crippen LogP contribution in [0.4, 0.5) is 0 Å². The molecule has 0 saturated carbocycles. The van der Waals surface area contributed by atoms with Crippen LogP contribution in [0.15, 0.2) is 0 Å². The van der Waals surface area contributed by atoms with Gasteiger partial charge in [-0.25, -0.2) is 0 Å². The van der Waals surface area contributed by atoms with Gasteiger partial charge in [0.2, 0.25) is 5.91 Å². The Morgan fingerprint density at radius 3 is 2.66 bits per heavy atom. The van der Waals surface area contributed by atoms with Gasteiger partial charge < -0.3 is 35.4 Å². The van der Waals surface area contributed by atoms with Crippen molar-refractivity contribution in [1.29, 1.82) is 0 Å². The Morgan fingerprint density at radius 2 is 1.91 bits per heavy atom. The molecule has 4 aliphatic rings. The summed E-state index contributed by atoms with van der Waals surface area (Å²) in [6.07, 6.45) is 1.33. The molecule has 4 saturated heterocycles. The van der Waals surface area contributed by atoms with Crippen molar-refractivity contribution in [2.75, 3.05) is 18.9 Å². The van der Waals surface area contributed by atoms with Gasteiger partial charge in [-0.2, -0.15) is 0 Å². The molecule has 1 amide bonds. The first kappa shape index (κ1) is 27.6. The fourth-order valence-electron chi connectivity index (χ4n) is 6.56. The lowest BCUT2D eigenvalue weighted by Crippen LogP contribution is -2.67. The summed E-state index contributed by atoms with van der Waals surface area (Å²) in [5.41, 5.74) is -1.01. The maximum absolute atomic E-state index is 13.7. The van der Waals surface area contributed by atoms with E-state index in [0.29, 0.717) is 24.4 Å². The molecule has 4 heterocycles. The Hall–Kier alpha value is -0.420. The van der Waals surface area contributed by atoms with E-state index in [0.717, 1.165) is 44.4 Å². The van der Waals surface area contributed by atoms with Crippen molar-refractivity contribution in [3.8, 4) is 0 Å². The number of carbonyl (C=O) groups is 1. The molecule has 35 heavy (non-hydrogen) atoms. The van der Waals surface area contributed by atoms with Crippen LogP contribution in [0.5, 0.6) is 0 Å². The summed E-state index contributed by atoms with van der Waals surface area (Å²) in [6.45, 7) is 10.1. The Kier molecular flexibility index (Phi) is 9.10. The monoisotopic (exact) mass is 514 g/mol. The molecule has 0 aromatic carbocycles. The van der Waals surface area contributed by atoms with Crippen LogP contribution in [-0.2, 0) is 14.3 Å². The summed E-state index contributed by atoms with van der Waals surface area (Å²) < 4.78 is 12.4. The van der Waals surface area contributed by atoms with Crippen molar-refractivity contribution >= 4 is 17.7 Å². The van der Waals surface area contributed by atoms with E-state index < -0.39 is 41.9 Å². The molecule has 8 nitrogen and oxygen atoms in total. The number of ether oxygens (including phenoxy) is 2. The van der Waals surface area contributed by atoms with Crippen LogP contribution < -0.4 is 10.6 Å². The molecule has 4 aliphatic heterocycles. The summed E-state index contributed by atoms with van der Waals surface area (Å²) in [5.74, 6) is 2.25. The zero-order valence-electron chi connectivity index (χ0n) is 21.7. The highest BCUT2D eigenvalue weighted by Crippen LogP contribution is 2.40. The molecule has 0 aromatic heterocycles. The first-order valence-electron chi connectivity index (χ1n) is 13.5. The second-order valence-corrected chi connectivity index (χ2v) is 13.5. The fourth-order valence-corrected chi connectivity index (χ4v) is 7.73. The lowest BCUT2D eigenvalue weighted by molar-refractivity contribution is -0.213. The molecule has 0 aromatic rings. The third kappa shape index (κ3) is 6.19. The number of aliphatic hydroxyl groups excluding tert-OH is 3. The average molecular weight is 515 g/mol. The van der Waals surface area contributed by atoms with Gasteiger partial charge in [0.05, 0.1) is 12.1 Å². The maximum atomic E-state index is 13.7. The zero-order chi connectivity index (χ0) is 25.3. The molecule has 9 heteroatoms. The molecule has 2 bridgehead atoms. The number of thioether (sulfide) groups is 1. The van der Waals surface area contributed by atoms with Gasteiger partial charge in [-0.3, -0.25) is 4.79 Å². The van der Waals surface area contributed by atoms with E-state index in [2.05, 4.69) is 38.3 Å². The van der Waals surface area contributed by atoms with E-state index >= 15 is 0 Å². The lowest BCUT2D eigenvalue weighted by atomic mass is 9.74. The number of hydrogen-bond acceptors (Lipinski definition) is 8. The molecule has 4 rings (SSSR count). The minimum atomic E-state index is -1.32. The van der Waals surface area contributed by atoms with Crippen LogP contribution in [0.2, 0.25) is 0 Å². The Bertz CT molecular complexity index is 724. The predicted octanol–water partition coefficient (Wildman–Crippen LogP) is 1.65. The van der Waals surface area contributed by atoms with Crippen LogP contribution in [0.1, 0.15) is 66.2 Å². The van der Waals surface area contributed by atoms with Gasteiger partial charge in [-0.05, 0) is 61.0 Å². The first-order valence-corrected chi connectivity index (χ1v) is 14.6. The van der Waals surface area contributed by atoms with E-state index in [1.54, 1.807) is 0 Å². The highest BCUT2D eigenvalue weighted by Gasteiger charge is 2.52. The van der Waals surface area contributed by atoms with E-state index in [-0.39, 0.29) is 17.4 Å². The summed E-state index contributed by atoms with van der Waals surface area (Å²) >= 11 is 1.47. The Labute approximate surface area is 214 Å². The molecule has 0 spiro atoms. The number of nitrogens with one attached hydrogen (secondary N) is 2. The van der Waals surface area contributed by atoms with Crippen LogP contribution in [0.3, 0.4) is 0 Å². The fraction of sp³-hybridized carbons (Fsp3) is 0.962. The van der Waals surface area contributed by atoms with Crippen molar-refractivity contribution in [3.05, 3.63) is 0 Å². The number of fused-ring (bicyclic) bond motifs is 3. The SMILES string of the molecule is CC(C)C[C@@H]1CCO[C@@H]2[C@H](CN[C@@H]2C(=O)N[C@H]2[C@H]3O[C@H](SCCCCC2(C)C)[C@H](O)[C@@H](O)[C@H]3O)C1. The quantitative estimate of drug-likeness (QED) is 0.384. The number of aliphatic hydroxyl groups is 3. The van der Waals surface area contributed by atoms with Gasteiger partial charge in [0, 0.05) is 13.2 Å². The van der Waals surface area contributed by atoms with Crippen LogP contribution >= 0.6 is 11.8 Å². The normalized spacial score (nSPS) is 44.3. The summed E-state index contributed by atoms with van der Waals surface area (Å²) in [6, 6.07) is -0.973. The lowest BCUT2D eigenvalue weighted by Gasteiger charge is -2.48. The van der Waals surface area contributed by atoms with Gasteiger partial charge in [0.15, 0.2) is 0 Å². The van der Waals surface area contributed by atoms with Crippen molar-refractivity contribution in [2.45, 2.75) is 114 Å². The minimum Gasteiger partial charge on any atom is -0.388 e. The van der Waals surface area contributed by atoms with Crippen LogP contribution in [0.25, 0.3) is 0 Å². The van der Waals surface area contributed by atoms with Gasteiger partial charge >= 0.3 is 0 Å². The van der Waals surface area contributed by atoms with Crippen molar-refractivity contribution in [1.82, 2.24) is 10.6 Å². The largest absolute Gasteiger partial charge is 0.388 e. The first-order chi connectivity index (χ1) is 16.6. The van der Waals surface area contributed by atoms with Gasteiger partial charge in [-0.15, -0.1) is 11.8 Å². The number of rotatable bonds is 4. The van der Waals surface area contributed by atoms with E-state index in [1.807, 2.05) is 0 Å². The van der Waals surface area contributed by atoms with Gasteiger partial charge in [0.1, 0.15) is 35.9 Å². The van der Waals surface area contributed by atoms with Gasteiger partial charge in [0.25, 0.3) is 0 Å². The second kappa shape index (κ2) is 11.5. The number of hydrogen-bond donors (Lipinski definition) is 5. The minimum absolute atomic E-state index is 0.143. The topological polar surface area (TPSA) is 120 Å². The molecule has 10 atom stereocenters. The number of carbonyl (C=O) groups excluding carboxylic acids is 1. The predicted molar refractivity (Wildman–Crippen MR) is 136 cm³/mol. The Balaban J connectivity index is 1.51. The molecule has 202 valence electrons. The molecular weight excluding hydrogens is 468 g/mol. The molecular formula is C26H46N2O6S. The van der Waals surface area contributed by atoms with Crippen molar-refractivity contribution in [3.63, 3.8) is 0 Å². The van der Waals surface area contributed by atoms with E-state index in [4.69, 9.17) is 9.47 Å². The molecule has 4 fully saturated rings. The summed E-state index contributed by atoms with van der Waals surface area (Å²) in [5, 5.41) is 38.6. The van der Waals surface area contributed by atoms with Crippen molar-refractivity contribution in [2.24, 2.45) is 23.2 Å². The number of amides is 1. The molecule has 0 radical (unpaired) electrons. The summed E-state index contributed by atoms with van der Waals surface area (Å²) in [4.78, 5) is 13.7. The van der Waals surface area contributed by atoms with E-state index in [1.165, 1.54) is 18.2 Å². The third-order valence-electron chi connectivity index (χ3n) is 8.53. The zero-order valence-corrected chi connectivity index (χ0v) is 22.5.